The van der Waals surface area contributed by atoms with E-state index in [1.165, 1.54) is 17.2 Å². The molecular weight excluding hydrogens is 210 g/mol. The highest BCUT2D eigenvalue weighted by Gasteiger charge is 2.11. The highest BCUT2D eigenvalue weighted by atomic mass is 16.1. The largest absolute Gasteiger partial charge is 0.323 e. The lowest BCUT2D eigenvalue weighted by Gasteiger charge is -2.17. The molecule has 1 amide bonds. The highest BCUT2D eigenvalue weighted by molar-refractivity contribution is 5.98. The second kappa shape index (κ2) is 5.67. The van der Waals surface area contributed by atoms with Crippen LogP contribution in [0, 0.1) is 0 Å². The first-order valence-corrected chi connectivity index (χ1v) is 6.03. The van der Waals surface area contributed by atoms with Crippen molar-refractivity contribution >= 4 is 11.6 Å². The van der Waals surface area contributed by atoms with E-state index < -0.39 is 0 Å². The Labute approximate surface area is 104 Å². The Morgan fingerprint density at radius 1 is 1.18 bits per heavy atom. The lowest BCUT2D eigenvalue weighted by Crippen LogP contribution is -2.08. The first-order valence-electron chi connectivity index (χ1n) is 6.03. The molecule has 17 heavy (non-hydrogen) atoms. The van der Waals surface area contributed by atoms with E-state index in [9.17, 15) is 4.79 Å². The number of anilines is 1. The summed E-state index contributed by atoms with van der Waals surface area (Å²) in [5.41, 5.74) is 3.47. The van der Waals surface area contributed by atoms with E-state index in [0.717, 1.165) is 5.69 Å². The quantitative estimate of drug-likeness (QED) is 0.778. The molecule has 0 radical (unpaired) electrons. The number of hydrogen-bond acceptors (Lipinski definition) is 1. The smallest absolute Gasteiger partial charge is 0.247 e. The van der Waals surface area contributed by atoms with E-state index >= 15 is 0 Å². The van der Waals surface area contributed by atoms with Crippen LogP contribution in [0.15, 0.2) is 30.9 Å². The Morgan fingerprint density at radius 3 is 2.24 bits per heavy atom. The van der Waals surface area contributed by atoms with Crippen molar-refractivity contribution in [2.24, 2.45) is 0 Å². The molecule has 1 rings (SSSR count). The molecule has 0 unspecified atom stereocenters. The van der Waals surface area contributed by atoms with Gasteiger partial charge < -0.3 is 5.32 Å². The second-order valence-electron chi connectivity index (χ2n) is 4.85. The topological polar surface area (TPSA) is 29.1 Å². The Balaban J connectivity index is 3.09. The van der Waals surface area contributed by atoms with Gasteiger partial charge in [-0.15, -0.1) is 0 Å². The summed E-state index contributed by atoms with van der Waals surface area (Å²) >= 11 is 0. The van der Waals surface area contributed by atoms with Gasteiger partial charge in [0.1, 0.15) is 0 Å². The van der Waals surface area contributed by atoms with Gasteiger partial charge in [0.25, 0.3) is 0 Å². The Kier molecular flexibility index (Phi) is 4.50. The van der Waals surface area contributed by atoms with Gasteiger partial charge in [-0.1, -0.05) is 40.3 Å². The zero-order valence-corrected chi connectivity index (χ0v) is 11.1. The van der Waals surface area contributed by atoms with Crippen LogP contribution in [0.25, 0.3) is 0 Å². The lowest BCUT2D eigenvalue weighted by molar-refractivity contribution is -0.111. The summed E-state index contributed by atoms with van der Waals surface area (Å²) in [6, 6.07) is 6.10. The standard InChI is InChI=1S/C15H21NO/c1-6-15(17)16-12-7-8-13(10(2)3)14(9-12)11(4)5/h6-11H,1H2,2-5H3,(H,16,17). The van der Waals surface area contributed by atoms with E-state index in [1.54, 1.807) is 0 Å². The molecule has 2 nitrogen and oxygen atoms in total. The van der Waals surface area contributed by atoms with Crippen molar-refractivity contribution in [3.05, 3.63) is 42.0 Å². The van der Waals surface area contributed by atoms with E-state index in [1.807, 2.05) is 6.07 Å². The number of carbonyl (C=O) groups excluding carboxylic acids is 1. The molecule has 1 aromatic rings. The van der Waals surface area contributed by atoms with E-state index in [0.29, 0.717) is 11.8 Å². The molecule has 0 aliphatic carbocycles. The van der Waals surface area contributed by atoms with Crippen molar-refractivity contribution in [3.63, 3.8) is 0 Å². The van der Waals surface area contributed by atoms with E-state index in [-0.39, 0.29) is 5.91 Å². The van der Waals surface area contributed by atoms with Crippen molar-refractivity contribution in [3.8, 4) is 0 Å². The number of rotatable bonds is 4. The lowest BCUT2D eigenvalue weighted by atomic mass is 9.90. The number of amides is 1. The van der Waals surface area contributed by atoms with Crippen molar-refractivity contribution < 1.29 is 4.79 Å². The van der Waals surface area contributed by atoms with Crippen LogP contribution in [0.2, 0.25) is 0 Å². The zero-order valence-electron chi connectivity index (χ0n) is 11.1. The van der Waals surface area contributed by atoms with Crippen LogP contribution >= 0.6 is 0 Å². The molecule has 0 aliphatic rings. The molecule has 1 aromatic carbocycles. The van der Waals surface area contributed by atoms with E-state index in [4.69, 9.17) is 0 Å². The highest BCUT2D eigenvalue weighted by Crippen LogP contribution is 2.28. The summed E-state index contributed by atoms with van der Waals surface area (Å²) in [5, 5.41) is 2.80. The van der Waals surface area contributed by atoms with Gasteiger partial charge in [0.15, 0.2) is 0 Å². The molecule has 0 aromatic heterocycles. The van der Waals surface area contributed by atoms with Crippen molar-refractivity contribution in [2.45, 2.75) is 39.5 Å². The number of hydrogen-bond donors (Lipinski definition) is 1. The van der Waals surface area contributed by atoms with Gasteiger partial charge in [-0.05, 0) is 41.2 Å². The van der Waals surface area contributed by atoms with Crippen LogP contribution in [-0.4, -0.2) is 5.91 Å². The Bertz CT molecular complexity index is 419. The summed E-state index contributed by atoms with van der Waals surface area (Å²) in [6.45, 7) is 12.1. The van der Waals surface area contributed by atoms with Crippen LogP contribution in [0.5, 0.6) is 0 Å². The molecule has 0 bridgehead atoms. The third kappa shape index (κ3) is 3.45. The predicted molar refractivity (Wildman–Crippen MR) is 73.4 cm³/mol. The van der Waals surface area contributed by atoms with Gasteiger partial charge in [-0.2, -0.15) is 0 Å². The maximum absolute atomic E-state index is 11.3. The fourth-order valence-corrected chi connectivity index (χ4v) is 1.87. The molecular formula is C15H21NO. The zero-order chi connectivity index (χ0) is 13.0. The molecule has 0 saturated carbocycles. The second-order valence-corrected chi connectivity index (χ2v) is 4.85. The molecule has 2 heteroatoms. The minimum absolute atomic E-state index is 0.169. The normalized spacial score (nSPS) is 10.7. The summed E-state index contributed by atoms with van der Waals surface area (Å²) in [5.74, 6) is 0.779. The third-order valence-corrected chi connectivity index (χ3v) is 2.78. The predicted octanol–water partition coefficient (Wildman–Crippen LogP) is 4.06. The summed E-state index contributed by atoms with van der Waals surface area (Å²) in [4.78, 5) is 11.3. The number of carbonyl (C=O) groups is 1. The number of nitrogens with one attached hydrogen (secondary N) is 1. The average Bonchev–Trinajstić information content (AvgIpc) is 2.28. The average molecular weight is 231 g/mol. The van der Waals surface area contributed by atoms with Crippen LogP contribution in [-0.2, 0) is 4.79 Å². The van der Waals surface area contributed by atoms with Crippen molar-refractivity contribution in [2.75, 3.05) is 5.32 Å². The summed E-state index contributed by atoms with van der Waals surface area (Å²) in [6.07, 6.45) is 1.28. The maximum Gasteiger partial charge on any atom is 0.247 e. The van der Waals surface area contributed by atoms with E-state index in [2.05, 4.69) is 51.7 Å². The van der Waals surface area contributed by atoms with Gasteiger partial charge in [-0.3, -0.25) is 4.79 Å². The third-order valence-electron chi connectivity index (χ3n) is 2.78. The molecule has 0 aliphatic heterocycles. The van der Waals surface area contributed by atoms with Crippen LogP contribution < -0.4 is 5.32 Å². The molecule has 0 fully saturated rings. The van der Waals surface area contributed by atoms with Gasteiger partial charge in [-0.25, -0.2) is 0 Å². The first kappa shape index (κ1) is 13.5. The van der Waals surface area contributed by atoms with Crippen LogP contribution in [0.3, 0.4) is 0 Å². The number of benzene rings is 1. The summed E-state index contributed by atoms with van der Waals surface area (Å²) < 4.78 is 0. The summed E-state index contributed by atoms with van der Waals surface area (Å²) in [7, 11) is 0. The minimum Gasteiger partial charge on any atom is -0.323 e. The van der Waals surface area contributed by atoms with Gasteiger partial charge in [0.05, 0.1) is 0 Å². The Hall–Kier alpha value is -1.57. The van der Waals surface area contributed by atoms with Crippen molar-refractivity contribution in [1.29, 1.82) is 0 Å². The van der Waals surface area contributed by atoms with Gasteiger partial charge in [0.2, 0.25) is 5.91 Å². The minimum atomic E-state index is -0.169. The molecule has 92 valence electrons. The van der Waals surface area contributed by atoms with Crippen molar-refractivity contribution in [1.82, 2.24) is 0 Å². The molecule has 0 atom stereocenters. The molecule has 0 saturated heterocycles. The molecule has 0 heterocycles. The maximum atomic E-state index is 11.3. The SMILES string of the molecule is C=CC(=O)Nc1ccc(C(C)C)c(C(C)C)c1. The Morgan fingerprint density at radius 2 is 1.76 bits per heavy atom. The van der Waals surface area contributed by atoms with Crippen LogP contribution in [0.1, 0.15) is 50.7 Å². The van der Waals surface area contributed by atoms with Gasteiger partial charge in [0, 0.05) is 5.69 Å². The molecule has 1 N–H and O–H groups in total. The first-order chi connectivity index (χ1) is 7.95. The molecule has 0 spiro atoms. The fourth-order valence-electron chi connectivity index (χ4n) is 1.87. The monoisotopic (exact) mass is 231 g/mol. The van der Waals surface area contributed by atoms with Crippen LogP contribution in [0.4, 0.5) is 5.69 Å². The van der Waals surface area contributed by atoms with Gasteiger partial charge >= 0.3 is 0 Å². The fraction of sp³-hybridized carbons (Fsp3) is 0.400.